The van der Waals surface area contributed by atoms with Crippen molar-refractivity contribution in [2.45, 2.75) is 20.0 Å². The van der Waals surface area contributed by atoms with Gasteiger partial charge in [-0.05, 0) is 32.2 Å². The number of carbonyl (C=O) groups is 2. The van der Waals surface area contributed by atoms with Crippen molar-refractivity contribution in [3.8, 4) is 0 Å². The van der Waals surface area contributed by atoms with Gasteiger partial charge in [-0.3, -0.25) is 19.6 Å². The van der Waals surface area contributed by atoms with E-state index in [2.05, 4.69) is 15.3 Å². The summed E-state index contributed by atoms with van der Waals surface area (Å²) in [6, 6.07) is 7.00. The molecule has 8 nitrogen and oxygen atoms in total. The summed E-state index contributed by atoms with van der Waals surface area (Å²) in [5, 5.41) is 3.09. The fraction of sp³-hybridized carbons (Fsp3) is 0.333. The van der Waals surface area contributed by atoms with Crippen LogP contribution in [0.1, 0.15) is 27.3 Å². The minimum atomic E-state index is -0.526. The zero-order valence-corrected chi connectivity index (χ0v) is 15.2. The van der Waals surface area contributed by atoms with Crippen LogP contribution in [0.2, 0.25) is 0 Å². The minimum absolute atomic E-state index is 0.117. The molecule has 2 amide bonds. The predicted molar refractivity (Wildman–Crippen MR) is 97.3 cm³/mol. The molecule has 0 saturated heterocycles. The van der Waals surface area contributed by atoms with Crippen molar-refractivity contribution in [3.63, 3.8) is 0 Å². The van der Waals surface area contributed by atoms with Crippen LogP contribution in [0, 0.1) is 6.92 Å². The van der Waals surface area contributed by atoms with E-state index in [1.807, 2.05) is 14.0 Å². The highest BCUT2D eigenvalue weighted by atomic mass is 16.5. The highest BCUT2D eigenvalue weighted by Gasteiger charge is 2.32. The van der Waals surface area contributed by atoms with E-state index < -0.39 is 6.09 Å². The van der Waals surface area contributed by atoms with Gasteiger partial charge < -0.3 is 10.1 Å². The van der Waals surface area contributed by atoms with Crippen LogP contribution in [0.3, 0.4) is 0 Å². The Kier molecular flexibility index (Phi) is 4.85. The molecular formula is C18H21N5O3. The van der Waals surface area contributed by atoms with E-state index in [1.165, 1.54) is 12.0 Å². The summed E-state index contributed by atoms with van der Waals surface area (Å²) in [6.45, 7) is 2.86. The number of aromatic nitrogens is 2. The van der Waals surface area contributed by atoms with Gasteiger partial charge in [0.1, 0.15) is 11.6 Å². The molecule has 0 aromatic carbocycles. The first-order valence-electron chi connectivity index (χ1n) is 8.20. The molecular weight excluding hydrogens is 334 g/mol. The quantitative estimate of drug-likeness (QED) is 0.901. The SMILES string of the molecule is CNCc1nc(C)cc2c1CN(c1cccc(N(C)C(=O)OC)n1)C2=O. The van der Waals surface area contributed by atoms with Gasteiger partial charge in [-0.25, -0.2) is 9.78 Å². The number of nitrogens with zero attached hydrogens (tertiary/aromatic N) is 4. The Hall–Kier alpha value is -3.00. The number of methoxy groups -OCH3 is 1. The maximum absolute atomic E-state index is 12.9. The molecule has 0 aliphatic carbocycles. The van der Waals surface area contributed by atoms with E-state index in [0.717, 1.165) is 17.0 Å². The molecule has 0 atom stereocenters. The van der Waals surface area contributed by atoms with Crippen molar-refractivity contribution in [2.75, 3.05) is 31.0 Å². The van der Waals surface area contributed by atoms with Gasteiger partial charge in [-0.1, -0.05) is 6.07 Å². The molecule has 1 aliphatic heterocycles. The fourth-order valence-corrected chi connectivity index (χ4v) is 2.99. The summed E-state index contributed by atoms with van der Waals surface area (Å²) >= 11 is 0. The van der Waals surface area contributed by atoms with Gasteiger partial charge in [-0.2, -0.15) is 0 Å². The Morgan fingerprint density at radius 2 is 2.15 bits per heavy atom. The van der Waals surface area contributed by atoms with Crippen LogP contribution in [0.15, 0.2) is 24.3 Å². The van der Waals surface area contributed by atoms with Crippen molar-refractivity contribution in [3.05, 3.63) is 46.8 Å². The Morgan fingerprint density at radius 3 is 2.85 bits per heavy atom. The summed E-state index contributed by atoms with van der Waals surface area (Å²) in [7, 11) is 4.72. The zero-order chi connectivity index (χ0) is 18.8. The topological polar surface area (TPSA) is 87.7 Å². The predicted octanol–water partition coefficient (Wildman–Crippen LogP) is 1.87. The standard InChI is InChI=1S/C18H21N5O3/c1-11-8-12-13(14(20-11)9-19-2)10-23(17(12)24)16-7-5-6-15(21-16)22(3)18(25)26-4/h5-8,19H,9-10H2,1-4H3. The van der Waals surface area contributed by atoms with Crippen LogP contribution in [-0.4, -0.2) is 43.2 Å². The molecule has 2 aromatic rings. The Bertz CT molecular complexity index is 868. The summed E-state index contributed by atoms with van der Waals surface area (Å²) < 4.78 is 4.71. The molecule has 3 heterocycles. The largest absolute Gasteiger partial charge is 0.452 e. The molecule has 0 saturated carbocycles. The molecule has 0 spiro atoms. The van der Waals surface area contributed by atoms with E-state index in [4.69, 9.17) is 4.74 Å². The van der Waals surface area contributed by atoms with Crippen molar-refractivity contribution < 1.29 is 14.3 Å². The molecule has 0 bridgehead atoms. The Labute approximate surface area is 151 Å². The number of nitrogens with one attached hydrogen (secondary N) is 1. The lowest BCUT2D eigenvalue weighted by Crippen LogP contribution is -2.28. The molecule has 1 aliphatic rings. The van der Waals surface area contributed by atoms with Crippen LogP contribution in [-0.2, 0) is 17.8 Å². The lowest BCUT2D eigenvalue weighted by Gasteiger charge is -2.19. The second-order valence-corrected chi connectivity index (χ2v) is 6.04. The number of amides is 2. The highest BCUT2D eigenvalue weighted by molar-refractivity contribution is 6.09. The van der Waals surface area contributed by atoms with Gasteiger partial charge in [0.15, 0.2) is 0 Å². The molecule has 3 rings (SSSR count). The third kappa shape index (κ3) is 3.11. The van der Waals surface area contributed by atoms with E-state index >= 15 is 0 Å². The normalized spacial score (nSPS) is 12.9. The van der Waals surface area contributed by atoms with Gasteiger partial charge in [0.25, 0.3) is 5.91 Å². The van der Waals surface area contributed by atoms with E-state index in [1.54, 1.807) is 36.2 Å². The number of anilines is 2. The monoisotopic (exact) mass is 355 g/mol. The van der Waals surface area contributed by atoms with Crippen LogP contribution < -0.4 is 15.1 Å². The number of hydrogen-bond acceptors (Lipinski definition) is 6. The van der Waals surface area contributed by atoms with Crippen LogP contribution in [0.5, 0.6) is 0 Å². The number of carbonyl (C=O) groups excluding carboxylic acids is 2. The Morgan fingerprint density at radius 1 is 1.38 bits per heavy atom. The molecule has 0 unspecified atom stereocenters. The number of fused-ring (bicyclic) bond motifs is 1. The van der Waals surface area contributed by atoms with Crippen molar-refractivity contribution >= 4 is 23.6 Å². The minimum Gasteiger partial charge on any atom is -0.452 e. The van der Waals surface area contributed by atoms with Gasteiger partial charge in [-0.15, -0.1) is 0 Å². The van der Waals surface area contributed by atoms with Gasteiger partial charge >= 0.3 is 6.09 Å². The number of hydrogen-bond donors (Lipinski definition) is 1. The van der Waals surface area contributed by atoms with Crippen LogP contribution in [0.25, 0.3) is 0 Å². The summed E-state index contributed by atoms with van der Waals surface area (Å²) in [4.78, 5) is 36.5. The first kappa shape index (κ1) is 17.8. The van der Waals surface area contributed by atoms with Gasteiger partial charge in [0.05, 0.1) is 19.3 Å². The molecule has 8 heteroatoms. The maximum Gasteiger partial charge on any atom is 0.414 e. The van der Waals surface area contributed by atoms with Crippen molar-refractivity contribution in [2.24, 2.45) is 0 Å². The number of pyridine rings is 2. The van der Waals surface area contributed by atoms with E-state index in [0.29, 0.717) is 30.3 Å². The molecule has 1 N–H and O–H groups in total. The molecule has 0 fully saturated rings. The average molecular weight is 355 g/mol. The average Bonchev–Trinajstić information content (AvgIpc) is 2.98. The second-order valence-electron chi connectivity index (χ2n) is 6.04. The van der Waals surface area contributed by atoms with Crippen molar-refractivity contribution in [1.29, 1.82) is 0 Å². The number of rotatable bonds is 4. The van der Waals surface area contributed by atoms with E-state index in [9.17, 15) is 9.59 Å². The first-order valence-corrected chi connectivity index (χ1v) is 8.20. The molecule has 136 valence electrons. The number of ether oxygens (including phenoxy) is 1. The van der Waals surface area contributed by atoms with Gasteiger partial charge in [0, 0.05) is 30.4 Å². The number of aryl methyl sites for hydroxylation is 1. The van der Waals surface area contributed by atoms with Crippen molar-refractivity contribution in [1.82, 2.24) is 15.3 Å². The summed E-state index contributed by atoms with van der Waals surface area (Å²) in [6.07, 6.45) is -0.526. The molecule has 0 radical (unpaired) electrons. The lowest BCUT2D eigenvalue weighted by atomic mass is 10.1. The molecule has 2 aromatic heterocycles. The van der Waals surface area contributed by atoms with Crippen LogP contribution in [0.4, 0.5) is 16.4 Å². The fourth-order valence-electron chi connectivity index (χ4n) is 2.99. The van der Waals surface area contributed by atoms with Gasteiger partial charge in [0.2, 0.25) is 0 Å². The highest BCUT2D eigenvalue weighted by Crippen LogP contribution is 2.30. The summed E-state index contributed by atoms with van der Waals surface area (Å²) in [5.74, 6) is 0.767. The van der Waals surface area contributed by atoms with E-state index in [-0.39, 0.29) is 5.91 Å². The second kappa shape index (κ2) is 7.09. The zero-order valence-electron chi connectivity index (χ0n) is 15.2. The molecule has 26 heavy (non-hydrogen) atoms. The maximum atomic E-state index is 12.9. The smallest absolute Gasteiger partial charge is 0.414 e. The first-order chi connectivity index (χ1) is 12.5. The third-order valence-electron chi connectivity index (χ3n) is 4.26. The lowest BCUT2D eigenvalue weighted by molar-refractivity contribution is 0.0996. The summed E-state index contributed by atoms with van der Waals surface area (Å²) in [5.41, 5.74) is 3.22. The van der Waals surface area contributed by atoms with Crippen LogP contribution >= 0.6 is 0 Å². The third-order valence-corrected chi connectivity index (χ3v) is 4.26. The Balaban J connectivity index is 1.96.